The van der Waals surface area contributed by atoms with Gasteiger partial charge in [-0.25, -0.2) is 5.10 Å². The molecule has 17 heavy (non-hydrogen) atoms. The van der Waals surface area contributed by atoms with E-state index in [0.29, 0.717) is 4.47 Å². The van der Waals surface area contributed by atoms with E-state index in [1.54, 1.807) is 6.20 Å². The summed E-state index contributed by atoms with van der Waals surface area (Å²) in [6.45, 7) is 0.837. The van der Waals surface area contributed by atoms with Crippen molar-refractivity contribution in [3.8, 4) is 0 Å². The Kier molecular flexibility index (Phi) is 3.53. The number of hydrogen-bond donors (Lipinski definition) is 2. The van der Waals surface area contributed by atoms with Gasteiger partial charge in [0.1, 0.15) is 4.47 Å². The largest absolute Gasteiger partial charge is 0.381 e. The van der Waals surface area contributed by atoms with Crippen LogP contribution in [0.2, 0.25) is 0 Å². The lowest BCUT2D eigenvalue weighted by molar-refractivity contribution is 0.0739. The molecule has 0 spiro atoms. The van der Waals surface area contributed by atoms with Crippen molar-refractivity contribution in [2.75, 3.05) is 26.0 Å². The highest BCUT2D eigenvalue weighted by Crippen LogP contribution is 2.36. The van der Waals surface area contributed by atoms with Crippen LogP contribution in [0.15, 0.2) is 15.5 Å². The molecule has 1 aromatic heterocycles. The molecule has 94 valence electrons. The minimum absolute atomic E-state index is 0.206. The summed E-state index contributed by atoms with van der Waals surface area (Å²) in [7, 11) is 4.21. The number of hydrogen-bond acceptors (Lipinski definition) is 4. The predicted octanol–water partition coefficient (Wildman–Crippen LogP) is 1.43. The van der Waals surface area contributed by atoms with E-state index in [2.05, 4.69) is 50.4 Å². The zero-order valence-electron chi connectivity index (χ0n) is 10.1. The van der Waals surface area contributed by atoms with Gasteiger partial charge in [-0.3, -0.25) is 4.79 Å². The number of nitrogens with one attached hydrogen (secondary N) is 2. The molecule has 2 N–H and O–H groups in total. The number of halogens is 1. The van der Waals surface area contributed by atoms with Crippen LogP contribution in [0.3, 0.4) is 0 Å². The molecule has 1 heterocycles. The number of nitrogens with zero attached hydrogens (tertiary/aromatic N) is 2. The first-order valence-corrected chi connectivity index (χ1v) is 6.49. The standard InChI is InChI=1S/C11H17BrN4O/c1-16(2)11(4-3-5-11)7-13-8-6-14-15-10(17)9(8)12/h6H,3-5,7H2,1-2H3,(H2,13,15,17). The van der Waals surface area contributed by atoms with Gasteiger partial charge in [0, 0.05) is 12.1 Å². The zero-order chi connectivity index (χ0) is 12.5. The number of H-pyrrole nitrogens is 1. The molecular formula is C11H17BrN4O. The Labute approximate surface area is 109 Å². The monoisotopic (exact) mass is 300 g/mol. The van der Waals surface area contributed by atoms with Crippen LogP contribution in [-0.4, -0.2) is 41.3 Å². The van der Waals surface area contributed by atoms with Crippen LogP contribution in [-0.2, 0) is 0 Å². The Morgan fingerprint density at radius 3 is 2.82 bits per heavy atom. The molecule has 0 aliphatic heterocycles. The molecule has 0 bridgehead atoms. The lowest BCUT2D eigenvalue weighted by Crippen LogP contribution is -2.54. The Bertz CT molecular complexity index is 453. The van der Waals surface area contributed by atoms with Gasteiger partial charge in [0.2, 0.25) is 0 Å². The number of likely N-dealkylation sites (N-methyl/N-ethyl adjacent to an activating group) is 1. The molecule has 1 aliphatic rings. The average molecular weight is 301 g/mol. The quantitative estimate of drug-likeness (QED) is 0.883. The second-order valence-electron chi connectivity index (χ2n) is 4.75. The summed E-state index contributed by atoms with van der Waals surface area (Å²) in [4.78, 5) is 13.6. The number of rotatable bonds is 4. The van der Waals surface area contributed by atoms with E-state index in [9.17, 15) is 4.79 Å². The van der Waals surface area contributed by atoms with Crippen molar-refractivity contribution in [3.63, 3.8) is 0 Å². The van der Waals surface area contributed by atoms with Crippen LogP contribution in [0.5, 0.6) is 0 Å². The third-order valence-electron chi connectivity index (χ3n) is 3.64. The Morgan fingerprint density at radius 1 is 1.59 bits per heavy atom. The van der Waals surface area contributed by atoms with Crippen molar-refractivity contribution in [1.29, 1.82) is 0 Å². The topological polar surface area (TPSA) is 61.0 Å². The first-order chi connectivity index (χ1) is 8.05. The van der Waals surface area contributed by atoms with Crippen LogP contribution in [0.1, 0.15) is 19.3 Å². The maximum absolute atomic E-state index is 11.4. The van der Waals surface area contributed by atoms with Crippen molar-refractivity contribution in [2.24, 2.45) is 0 Å². The zero-order valence-corrected chi connectivity index (χ0v) is 11.7. The van der Waals surface area contributed by atoms with Gasteiger partial charge in [-0.2, -0.15) is 5.10 Å². The second-order valence-corrected chi connectivity index (χ2v) is 5.55. The van der Waals surface area contributed by atoms with Crippen LogP contribution < -0.4 is 10.9 Å². The Hall–Kier alpha value is -0.880. The van der Waals surface area contributed by atoms with Gasteiger partial charge in [0.15, 0.2) is 0 Å². The second kappa shape index (κ2) is 4.78. The molecule has 0 amide bonds. The lowest BCUT2D eigenvalue weighted by Gasteiger charge is -2.47. The van der Waals surface area contributed by atoms with Gasteiger partial charge in [-0.15, -0.1) is 0 Å². The molecular weight excluding hydrogens is 284 g/mol. The molecule has 6 heteroatoms. The summed E-state index contributed by atoms with van der Waals surface area (Å²) in [6.07, 6.45) is 5.30. The normalized spacial score (nSPS) is 17.9. The van der Waals surface area contributed by atoms with E-state index < -0.39 is 0 Å². The molecule has 0 atom stereocenters. The lowest BCUT2D eigenvalue weighted by atomic mass is 9.75. The smallest absolute Gasteiger partial charge is 0.280 e. The van der Waals surface area contributed by atoms with Crippen LogP contribution in [0.25, 0.3) is 0 Å². The third kappa shape index (κ3) is 2.37. The minimum atomic E-state index is -0.206. The molecule has 0 radical (unpaired) electrons. The van der Waals surface area contributed by atoms with Gasteiger partial charge in [0.05, 0.1) is 11.9 Å². The van der Waals surface area contributed by atoms with Crippen molar-refractivity contribution in [3.05, 3.63) is 21.0 Å². The first-order valence-electron chi connectivity index (χ1n) is 5.70. The highest BCUT2D eigenvalue weighted by atomic mass is 79.9. The van der Waals surface area contributed by atoms with Gasteiger partial charge in [-0.1, -0.05) is 0 Å². The summed E-state index contributed by atoms with van der Waals surface area (Å²) in [6, 6.07) is 0. The van der Waals surface area contributed by atoms with E-state index in [4.69, 9.17) is 0 Å². The first kappa shape index (κ1) is 12.6. The fraction of sp³-hybridized carbons (Fsp3) is 0.636. The fourth-order valence-electron chi connectivity index (χ4n) is 2.13. The van der Waals surface area contributed by atoms with E-state index in [0.717, 1.165) is 12.2 Å². The van der Waals surface area contributed by atoms with Gasteiger partial charge >= 0.3 is 0 Å². The summed E-state index contributed by atoms with van der Waals surface area (Å²) in [5.74, 6) is 0. The van der Waals surface area contributed by atoms with Crippen LogP contribution in [0.4, 0.5) is 5.69 Å². The molecule has 0 saturated heterocycles. The number of aromatic amines is 1. The van der Waals surface area contributed by atoms with E-state index in [1.165, 1.54) is 19.3 Å². The molecule has 1 aliphatic carbocycles. The maximum Gasteiger partial charge on any atom is 0.280 e. The molecule has 0 unspecified atom stereocenters. The average Bonchev–Trinajstić information content (AvgIpc) is 2.22. The van der Waals surface area contributed by atoms with Gasteiger partial charge < -0.3 is 10.2 Å². The molecule has 1 aromatic rings. The van der Waals surface area contributed by atoms with Crippen molar-refractivity contribution in [1.82, 2.24) is 15.1 Å². The molecule has 1 fully saturated rings. The molecule has 0 aromatic carbocycles. The number of anilines is 1. The van der Waals surface area contributed by atoms with Crippen LogP contribution in [0, 0.1) is 0 Å². The fourth-order valence-corrected chi connectivity index (χ4v) is 2.46. The highest BCUT2D eigenvalue weighted by Gasteiger charge is 2.38. The summed E-state index contributed by atoms with van der Waals surface area (Å²) >= 11 is 3.27. The van der Waals surface area contributed by atoms with Gasteiger partial charge in [0.25, 0.3) is 5.56 Å². The van der Waals surface area contributed by atoms with E-state index >= 15 is 0 Å². The van der Waals surface area contributed by atoms with Gasteiger partial charge in [-0.05, 0) is 49.3 Å². The predicted molar refractivity (Wildman–Crippen MR) is 71.3 cm³/mol. The molecule has 2 rings (SSSR count). The molecule has 1 saturated carbocycles. The SMILES string of the molecule is CN(C)C1(CNc2cn[nH]c(=O)c2Br)CCC1. The van der Waals surface area contributed by atoms with Crippen molar-refractivity contribution >= 4 is 21.6 Å². The number of aromatic nitrogens is 2. The summed E-state index contributed by atoms with van der Waals surface area (Å²) < 4.78 is 0.515. The summed E-state index contributed by atoms with van der Waals surface area (Å²) in [5.41, 5.74) is 0.770. The van der Waals surface area contributed by atoms with Crippen molar-refractivity contribution in [2.45, 2.75) is 24.8 Å². The van der Waals surface area contributed by atoms with E-state index in [-0.39, 0.29) is 11.1 Å². The Balaban J connectivity index is 2.07. The van der Waals surface area contributed by atoms with Crippen LogP contribution >= 0.6 is 15.9 Å². The molecule has 5 nitrogen and oxygen atoms in total. The van der Waals surface area contributed by atoms with Crippen molar-refractivity contribution < 1.29 is 0 Å². The highest BCUT2D eigenvalue weighted by molar-refractivity contribution is 9.10. The minimum Gasteiger partial charge on any atom is -0.381 e. The Morgan fingerprint density at radius 2 is 2.29 bits per heavy atom. The summed E-state index contributed by atoms with van der Waals surface area (Å²) in [5, 5.41) is 9.48. The third-order valence-corrected chi connectivity index (χ3v) is 4.42. The van der Waals surface area contributed by atoms with E-state index in [1.807, 2.05) is 0 Å². The maximum atomic E-state index is 11.4.